The fraction of sp³-hybridized carbons (Fsp3) is 0.190. The van der Waals surface area contributed by atoms with Crippen LogP contribution in [0.1, 0.15) is 27.8 Å². The van der Waals surface area contributed by atoms with Gasteiger partial charge in [-0.25, -0.2) is 9.67 Å². The number of fused-ring (bicyclic) bond motifs is 1. The van der Waals surface area contributed by atoms with Crippen molar-refractivity contribution in [1.29, 1.82) is 0 Å². The largest absolute Gasteiger partial charge is 0.342 e. The highest BCUT2D eigenvalue weighted by Gasteiger charge is 2.35. The molecule has 0 aliphatic carbocycles. The van der Waals surface area contributed by atoms with Gasteiger partial charge in [-0.2, -0.15) is 5.10 Å². The van der Waals surface area contributed by atoms with Crippen molar-refractivity contribution in [2.45, 2.75) is 12.8 Å². The van der Waals surface area contributed by atoms with E-state index in [4.69, 9.17) is 0 Å². The first-order valence-corrected chi connectivity index (χ1v) is 9.04. The molecule has 27 heavy (non-hydrogen) atoms. The van der Waals surface area contributed by atoms with Crippen LogP contribution in [-0.4, -0.2) is 43.6 Å². The SMILES string of the molecule is Cc1c(C(=O)N2CC(c3nc4ccccc4[nH]3)C2)cnn1-c1ccccc1. The summed E-state index contributed by atoms with van der Waals surface area (Å²) in [6.45, 7) is 3.28. The Morgan fingerprint density at radius 2 is 1.81 bits per heavy atom. The molecule has 1 aliphatic heterocycles. The summed E-state index contributed by atoms with van der Waals surface area (Å²) in [6.07, 6.45) is 1.67. The minimum atomic E-state index is 0.0297. The molecule has 0 spiro atoms. The molecule has 0 atom stereocenters. The molecule has 5 rings (SSSR count). The quantitative estimate of drug-likeness (QED) is 0.612. The Kier molecular flexibility index (Phi) is 3.57. The number of nitrogens with zero attached hydrogens (tertiary/aromatic N) is 4. The number of carbonyl (C=O) groups is 1. The molecule has 0 radical (unpaired) electrons. The van der Waals surface area contributed by atoms with Gasteiger partial charge in [0.15, 0.2) is 0 Å². The normalized spacial score (nSPS) is 14.5. The zero-order chi connectivity index (χ0) is 18.4. The molecule has 1 N–H and O–H groups in total. The van der Waals surface area contributed by atoms with Gasteiger partial charge in [-0.1, -0.05) is 30.3 Å². The van der Waals surface area contributed by atoms with E-state index < -0.39 is 0 Å². The summed E-state index contributed by atoms with van der Waals surface area (Å²) in [6, 6.07) is 17.9. The van der Waals surface area contributed by atoms with Crippen molar-refractivity contribution >= 4 is 16.9 Å². The van der Waals surface area contributed by atoms with Crippen molar-refractivity contribution < 1.29 is 4.79 Å². The van der Waals surface area contributed by atoms with Crippen molar-refractivity contribution in [3.05, 3.63) is 77.9 Å². The number of hydrogen-bond donors (Lipinski definition) is 1. The third-order valence-electron chi connectivity index (χ3n) is 5.20. The monoisotopic (exact) mass is 357 g/mol. The highest BCUT2D eigenvalue weighted by molar-refractivity contribution is 5.95. The lowest BCUT2D eigenvalue weighted by Crippen LogP contribution is -2.48. The molecule has 2 aromatic carbocycles. The summed E-state index contributed by atoms with van der Waals surface area (Å²) in [5.74, 6) is 1.24. The number of aromatic amines is 1. The molecule has 0 unspecified atom stereocenters. The maximum atomic E-state index is 12.9. The summed E-state index contributed by atoms with van der Waals surface area (Å²) in [5.41, 5.74) is 4.48. The van der Waals surface area contributed by atoms with Crippen LogP contribution in [0.4, 0.5) is 0 Å². The smallest absolute Gasteiger partial charge is 0.257 e. The van der Waals surface area contributed by atoms with Crippen LogP contribution in [0.2, 0.25) is 0 Å². The van der Waals surface area contributed by atoms with E-state index in [9.17, 15) is 4.79 Å². The summed E-state index contributed by atoms with van der Waals surface area (Å²) < 4.78 is 1.81. The molecule has 0 bridgehead atoms. The number of para-hydroxylation sites is 3. The van der Waals surface area contributed by atoms with Crippen LogP contribution in [0.25, 0.3) is 16.7 Å². The predicted molar refractivity (Wildman–Crippen MR) is 103 cm³/mol. The standard InChI is InChI=1S/C21H19N5O/c1-14-17(11-22-26(14)16-7-3-2-4-8-16)21(27)25-12-15(13-25)20-23-18-9-5-6-10-19(18)24-20/h2-11,15H,12-13H2,1H3,(H,23,24). The molecular weight excluding hydrogens is 338 g/mol. The topological polar surface area (TPSA) is 66.8 Å². The Morgan fingerprint density at radius 1 is 1.07 bits per heavy atom. The van der Waals surface area contributed by atoms with Gasteiger partial charge in [0.25, 0.3) is 5.91 Å². The number of rotatable bonds is 3. The molecule has 1 amide bonds. The number of imidazole rings is 1. The Labute approximate surface area is 156 Å². The lowest BCUT2D eigenvalue weighted by atomic mass is 9.98. The summed E-state index contributed by atoms with van der Waals surface area (Å²) in [4.78, 5) is 22.8. The number of H-pyrrole nitrogens is 1. The number of nitrogens with one attached hydrogen (secondary N) is 1. The van der Waals surface area contributed by atoms with Crippen LogP contribution in [0.15, 0.2) is 60.8 Å². The van der Waals surface area contributed by atoms with Crippen LogP contribution >= 0.6 is 0 Å². The van der Waals surface area contributed by atoms with Crippen molar-refractivity contribution in [3.8, 4) is 5.69 Å². The van der Waals surface area contributed by atoms with Gasteiger partial charge in [-0.3, -0.25) is 4.79 Å². The lowest BCUT2D eigenvalue weighted by molar-refractivity contribution is 0.0595. The van der Waals surface area contributed by atoms with Gasteiger partial charge in [0.1, 0.15) is 5.82 Å². The third kappa shape index (κ3) is 2.61. The van der Waals surface area contributed by atoms with Gasteiger partial charge < -0.3 is 9.88 Å². The molecule has 0 saturated carbocycles. The minimum Gasteiger partial charge on any atom is -0.342 e. The molecule has 4 aromatic rings. The second-order valence-electron chi connectivity index (χ2n) is 6.94. The second kappa shape index (κ2) is 6.09. The van der Waals surface area contributed by atoms with Crippen molar-refractivity contribution in [3.63, 3.8) is 0 Å². The van der Waals surface area contributed by atoms with Crippen LogP contribution in [0.3, 0.4) is 0 Å². The number of aromatic nitrogens is 4. The summed E-state index contributed by atoms with van der Waals surface area (Å²) in [7, 11) is 0. The molecule has 3 heterocycles. The van der Waals surface area contributed by atoms with E-state index in [1.807, 2.05) is 71.1 Å². The first-order valence-electron chi connectivity index (χ1n) is 9.04. The van der Waals surface area contributed by atoms with Crippen molar-refractivity contribution in [1.82, 2.24) is 24.6 Å². The Bertz CT molecular complexity index is 1090. The van der Waals surface area contributed by atoms with E-state index in [0.717, 1.165) is 28.2 Å². The number of likely N-dealkylation sites (tertiary alicyclic amines) is 1. The fourth-order valence-corrected chi connectivity index (χ4v) is 3.60. The van der Waals surface area contributed by atoms with E-state index in [1.54, 1.807) is 6.20 Å². The Hall–Kier alpha value is -3.41. The zero-order valence-electron chi connectivity index (χ0n) is 15.0. The highest BCUT2D eigenvalue weighted by atomic mass is 16.2. The fourth-order valence-electron chi connectivity index (χ4n) is 3.60. The first kappa shape index (κ1) is 15.8. The van der Waals surface area contributed by atoms with Crippen LogP contribution < -0.4 is 0 Å². The lowest BCUT2D eigenvalue weighted by Gasteiger charge is -2.38. The van der Waals surface area contributed by atoms with Gasteiger partial charge in [-0.05, 0) is 31.2 Å². The average Bonchev–Trinajstić information content (AvgIpc) is 3.24. The molecule has 134 valence electrons. The van der Waals surface area contributed by atoms with Crippen LogP contribution in [0.5, 0.6) is 0 Å². The van der Waals surface area contributed by atoms with E-state index >= 15 is 0 Å². The van der Waals surface area contributed by atoms with Crippen LogP contribution in [-0.2, 0) is 0 Å². The number of carbonyl (C=O) groups excluding carboxylic acids is 1. The maximum Gasteiger partial charge on any atom is 0.257 e. The summed E-state index contributed by atoms with van der Waals surface area (Å²) >= 11 is 0. The van der Waals surface area contributed by atoms with Gasteiger partial charge in [0, 0.05) is 13.1 Å². The maximum absolute atomic E-state index is 12.9. The van der Waals surface area contributed by atoms with Crippen LogP contribution in [0, 0.1) is 6.92 Å². The molecule has 1 saturated heterocycles. The van der Waals surface area contributed by atoms with Gasteiger partial charge >= 0.3 is 0 Å². The van der Waals surface area contributed by atoms with E-state index in [0.29, 0.717) is 18.7 Å². The van der Waals surface area contributed by atoms with Gasteiger partial charge in [-0.15, -0.1) is 0 Å². The Balaban J connectivity index is 1.32. The third-order valence-corrected chi connectivity index (χ3v) is 5.20. The Morgan fingerprint density at radius 3 is 2.59 bits per heavy atom. The molecule has 1 fully saturated rings. The molecule has 6 heteroatoms. The van der Waals surface area contributed by atoms with Gasteiger partial charge in [0.05, 0.1) is 40.1 Å². The number of hydrogen-bond acceptors (Lipinski definition) is 3. The zero-order valence-corrected chi connectivity index (χ0v) is 15.0. The van der Waals surface area contributed by atoms with E-state index in [-0.39, 0.29) is 11.8 Å². The van der Waals surface area contributed by atoms with Crippen molar-refractivity contribution in [2.75, 3.05) is 13.1 Å². The first-order chi connectivity index (χ1) is 13.2. The molecule has 1 aliphatic rings. The summed E-state index contributed by atoms with van der Waals surface area (Å²) in [5, 5.41) is 4.40. The van der Waals surface area contributed by atoms with Gasteiger partial charge in [0.2, 0.25) is 0 Å². The number of benzene rings is 2. The predicted octanol–water partition coefficient (Wildman–Crippen LogP) is 3.30. The average molecular weight is 357 g/mol. The second-order valence-corrected chi connectivity index (χ2v) is 6.94. The highest BCUT2D eigenvalue weighted by Crippen LogP contribution is 2.28. The molecule has 6 nitrogen and oxygen atoms in total. The molecule has 2 aromatic heterocycles. The molecular formula is C21H19N5O. The number of amides is 1. The van der Waals surface area contributed by atoms with E-state index in [1.165, 1.54) is 0 Å². The minimum absolute atomic E-state index is 0.0297. The van der Waals surface area contributed by atoms with Crippen molar-refractivity contribution in [2.24, 2.45) is 0 Å². The van der Waals surface area contributed by atoms with E-state index in [2.05, 4.69) is 15.1 Å².